The van der Waals surface area contributed by atoms with Gasteiger partial charge in [-0.05, 0) is 42.8 Å². The van der Waals surface area contributed by atoms with E-state index in [-0.39, 0.29) is 0 Å². The minimum atomic E-state index is -4.63. The van der Waals surface area contributed by atoms with Crippen LogP contribution in [0.4, 0.5) is 30.5 Å². The lowest BCUT2D eigenvalue weighted by Crippen LogP contribution is -2.18. The summed E-state index contributed by atoms with van der Waals surface area (Å²) < 4.78 is 41.5. The summed E-state index contributed by atoms with van der Waals surface area (Å²) in [5.41, 5.74) is 0.355. The van der Waals surface area contributed by atoms with E-state index in [0.717, 1.165) is 17.7 Å². The number of hydrogen-bond donors (Lipinski definition) is 2. The lowest BCUT2D eigenvalue weighted by molar-refractivity contribution is -0.137. The minimum absolute atomic E-state index is 0.334. The van der Waals surface area contributed by atoms with Crippen LogP contribution in [0.2, 0.25) is 0 Å². The molecular formula is C22H17F3N6O. The number of nitrogens with one attached hydrogen (secondary N) is 2. The molecule has 2 aromatic carbocycles. The molecule has 0 radical (unpaired) electrons. The predicted molar refractivity (Wildman–Crippen MR) is 113 cm³/mol. The summed E-state index contributed by atoms with van der Waals surface area (Å²) in [6.45, 7) is 1.85. The summed E-state index contributed by atoms with van der Waals surface area (Å²) >= 11 is 0. The molecule has 0 aliphatic heterocycles. The fraction of sp³-hybridized carbons (Fsp3) is 0.0909. The Balaban J connectivity index is 1.59. The fourth-order valence-electron chi connectivity index (χ4n) is 3.09. The first kappa shape index (κ1) is 21.0. The normalized spacial score (nSPS) is 11.2. The summed E-state index contributed by atoms with van der Waals surface area (Å²) in [6, 6.07) is 11.4. The lowest BCUT2D eigenvalue weighted by atomic mass is 10.1. The van der Waals surface area contributed by atoms with Gasteiger partial charge in [-0.2, -0.15) is 13.2 Å². The van der Waals surface area contributed by atoms with Gasteiger partial charge in [0.05, 0.1) is 11.1 Å². The molecule has 0 saturated heterocycles. The molecule has 4 rings (SSSR count). The average Bonchev–Trinajstić information content (AvgIpc) is 3.24. The third kappa shape index (κ3) is 4.43. The molecule has 2 heterocycles. The zero-order valence-electron chi connectivity index (χ0n) is 16.8. The maximum absolute atomic E-state index is 13.2. The van der Waals surface area contributed by atoms with E-state index in [9.17, 15) is 18.0 Å². The Labute approximate surface area is 181 Å². The zero-order chi connectivity index (χ0) is 22.7. The standard InChI is InChI=1S/C22H17F3N6O/c1-14-6-7-15(29-20(32)16-4-2-3-5-17(16)22(23,24)25)12-18(14)30-21-27-10-11-31(21)19-8-9-26-13-28-19/h2-13H,1H3,(H,27,30)(H,29,32). The molecule has 4 aromatic rings. The van der Waals surface area contributed by atoms with Gasteiger partial charge in [-0.1, -0.05) is 18.2 Å². The second-order valence-corrected chi connectivity index (χ2v) is 6.84. The Morgan fingerprint density at radius 1 is 1.03 bits per heavy atom. The number of benzene rings is 2. The van der Waals surface area contributed by atoms with Crippen LogP contribution in [0.3, 0.4) is 0 Å². The number of hydrogen-bond acceptors (Lipinski definition) is 5. The van der Waals surface area contributed by atoms with Crippen molar-refractivity contribution >= 4 is 23.2 Å². The maximum Gasteiger partial charge on any atom is 0.417 e. The Morgan fingerprint density at radius 2 is 1.84 bits per heavy atom. The van der Waals surface area contributed by atoms with Gasteiger partial charge in [-0.3, -0.25) is 9.36 Å². The largest absolute Gasteiger partial charge is 0.417 e. The molecule has 162 valence electrons. The first-order valence-corrected chi connectivity index (χ1v) is 9.48. The Kier molecular flexibility index (Phi) is 5.59. The smallest absolute Gasteiger partial charge is 0.325 e. The molecule has 7 nitrogen and oxygen atoms in total. The van der Waals surface area contributed by atoms with Gasteiger partial charge in [0.25, 0.3) is 5.91 Å². The van der Waals surface area contributed by atoms with Crippen molar-refractivity contribution in [2.75, 3.05) is 10.6 Å². The Hall–Kier alpha value is -4.21. The summed E-state index contributed by atoms with van der Waals surface area (Å²) in [6.07, 6.45) is 1.71. The number of rotatable bonds is 5. The third-order valence-corrected chi connectivity index (χ3v) is 4.67. The van der Waals surface area contributed by atoms with Gasteiger partial charge in [0.1, 0.15) is 12.1 Å². The Morgan fingerprint density at radius 3 is 2.59 bits per heavy atom. The van der Waals surface area contributed by atoms with E-state index >= 15 is 0 Å². The number of aromatic nitrogens is 4. The molecule has 1 amide bonds. The highest BCUT2D eigenvalue weighted by Crippen LogP contribution is 2.32. The highest BCUT2D eigenvalue weighted by Gasteiger charge is 2.34. The summed E-state index contributed by atoms with van der Waals surface area (Å²) in [5, 5.41) is 5.71. The van der Waals surface area contributed by atoms with Crippen LogP contribution in [0, 0.1) is 6.92 Å². The van der Waals surface area contributed by atoms with Crippen LogP contribution in [-0.2, 0) is 6.18 Å². The van der Waals surface area contributed by atoms with Crippen molar-refractivity contribution in [3.63, 3.8) is 0 Å². The van der Waals surface area contributed by atoms with Crippen molar-refractivity contribution in [1.29, 1.82) is 0 Å². The monoisotopic (exact) mass is 438 g/mol. The van der Waals surface area contributed by atoms with E-state index in [0.29, 0.717) is 23.1 Å². The number of anilines is 3. The number of amides is 1. The number of nitrogens with zero attached hydrogens (tertiary/aromatic N) is 4. The van der Waals surface area contributed by atoms with Crippen molar-refractivity contribution in [2.24, 2.45) is 0 Å². The van der Waals surface area contributed by atoms with E-state index in [4.69, 9.17) is 0 Å². The van der Waals surface area contributed by atoms with E-state index in [1.165, 1.54) is 18.5 Å². The summed E-state index contributed by atoms with van der Waals surface area (Å²) in [4.78, 5) is 24.9. The minimum Gasteiger partial charge on any atom is -0.325 e. The van der Waals surface area contributed by atoms with E-state index in [2.05, 4.69) is 25.6 Å². The summed E-state index contributed by atoms with van der Waals surface area (Å²) in [5.74, 6) is 0.221. The number of carbonyl (C=O) groups excluding carboxylic acids is 1. The second-order valence-electron chi connectivity index (χ2n) is 6.84. The zero-order valence-corrected chi connectivity index (χ0v) is 16.8. The van der Waals surface area contributed by atoms with Crippen molar-refractivity contribution < 1.29 is 18.0 Å². The first-order chi connectivity index (χ1) is 15.3. The topological polar surface area (TPSA) is 84.7 Å². The van der Waals surface area contributed by atoms with Crippen LogP contribution >= 0.6 is 0 Å². The lowest BCUT2D eigenvalue weighted by Gasteiger charge is -2.15. The molecule has 2 aromatic heterocycles. The molecule has 0 atom stereocenters. The van der Waals surface area contributed by atoms with Crippen LogP contribution in [0.1, 0.15) is 21.5 Å². The van der Waals surface area contributed by atoms with Crippen LogP contribution in [0.5, 0.6) is 0 Å². The van der Waals surface area contributed by atoms with E-state index in [1.54, 1.807) is 47.4 Å². The molecule has 32 heavy (non-hydrogen) atoms. The number of imidazole rings is 1. The van der Waals surface area contributed by atoms with E-state index in [1.807, 2.05) is 6.92 Å². The van der Waals surface area contributed by atoms with Crippen molar-refractivity contribution in [1.82, 2.24) is 19.5 Å². The molecule has 0 aliphatic rings. The molecule has 0 spiro atoms. The molecule has 2 N–H and O–H groups in total. The van der Waals surface area contributed by atoms with Crippen LogP contribution in [0.25, 0.3) is 5.82 Å². The van der Waals surface area contributed by atoms with Crippen molar-refractivity contribution in [3.05, 3.63) is 90.1 Å². The quantitative estimate of drug-likeness (QED) is 0.459. The highest BCUT2D eigenvalue weighted by atomic mass is 19.4. The molecule has 0 bridgehead atoms. The maximum atomic E-state index is 13.2. The van der Waals surface area contributed by atoms with Gasteiger partial charge >= 0.3 is 6.18 Å². The Bertz CT molecular complexity index is 1250. The number of alkyl halides is 3. The van der Waals surface area contributed by atoms with Gasteiger partial charge in [-0.25, -0.2) is 15.0 Å². The average molecular weight is 438 g/mol. The van der Waals surface area contributed by atoms with Gasteiger partial charge in [0.2, 0.25) is 5.95 Å². The highest BCUT2D eigenvalue weighted by molar-refractivity contribution is 6.05. The second kappa shape index (κ2) is 8.50. The predicted octanol–water partition coefficient (Wildman–Crippen LogP) is 4.99. The molecule has 0 fully saturated rings. The number of halogens is 3. The van der Waals surface area contributed by atoms with Gasteiger partial charge < -0.3 is 10.6 Å². The molecule has 0 unspecified atom stereocenters. The SMILES string of the molecule is Cc1ccc(NC(=O)c2ccccc2C(F)(F)F)cc1Nc1nccn1-c1ccncn1. The van der Waals surface area contributed by atoms with Gasteiger partial charge in [0.15, 0.2) is 0 Å². The number of carbonyl (C=O) groups is 1. The van der Waals surface area contributed by atoms with Crippen LogP contribution < -0.4 is 10.6 Å². The molecular weight excluding hydrogens is 421 g/mol. The first-order valence-electron chi connectivity index (χ1n) is 9.48. The van der Waals surface area contributed by atoms with Crippen molar-refractivity contribution in [2.45, 2.75) is 13.1 Å². The van der Waals surface area contributed by atoms with E-state index < -0.39 is 23.2 Å². The van der Waals surface area contributed by atoms with Crippen molar-refractivity contribution in [3.8, 4) is 5.82 Å². The fourth-order valence-corrected chi connectivity index (χ4v) is 3.09. The molecule has 0 saturated carbocycles. The summed E-state index contributed by atoms with van der Waals surface area (Å²) in [7, 11) is 0. The van der Waals surface area contributed by atoms with Crippen LogP contribution in [0.15, 0.2) is 73.4 Å². The van der Waals surface area contributed by atoms with Gasteiger partial charge in [0, 0.05) is 30.0 Å². The number of aryl methyl sites for hydroxylation is 1. The molecule has 0 aliphatic carbocycles. The molecule has 10 heteroatoms. The van der Waals surface area contributed by atoms with Gasteiger partial charge in [-0.15, -0.1) is 0 Å². The third-order valence-electron chi connectivity index (χ3n) is 4.67. The van der Waals surface area contributed by atoms with Crippen LogP contribution in [-0.4, -0.2) is 25.4 Å².